The molecule has 130 valence electrons. The standard InChI is InChI=1S/C19H32N2O2/c1-4-16(3)18-8-6-7-9-19(18)23-15-17(22)14-21-12-10-20(5-2)11-13-21/h6-9,16-17,22H,4-5,10-15H2,1-3H3. The molecule has 0 aliphatic carbocycles. The molecule has 0 bridgehead atoms. The lowest BCUT2D eigenvalue weighted by Gasteiger charge is -2.34. The van der Waals surface area contributed by atoms with Gasteiger partial charge in [-0.1, -0.05) is 39.0 Å². The van der Waals surface area contributed by atoms with Crippen LogP contribution in [0, 0.1) is 0 Å². The van der Waals surface area contributed by atoms with E-state index in [9.17, 15) is 5.11 Å². The van der Waals surface area contributed by atoms with Crippen molar-refractivity contribution in [1.82, 2.24) is 9.80 Å². The van der Waals surface area contributed by atoms with E-state index < -0.39 is 6.10 Å². The number of aliphatic hydroxyl groups is 1. The summed E-state index contributed by atoms with van der Waals surface area (Å²) in [7, 11) is 0. The van der Waals surface area contributed by atoms with Crippen molar-refractivity contribution < 1.29 is 9.84 Å². The Kier molecular flexibility index (Phi) is 7.34. The summed E-state index contributed by atoms with van der Waals surface area (Å²) in [6, 6.07) is 8.18. The van der Waals surface area contributed by atoms with E-state index in [1.165, 1.54) is 5.56 Å². The Hall–Kier alpha value is -1.10. The minimum Gasteiger partial charge on any atom is -0.491 e. The highest BCUT2D eigenvalue weighted by atomic mass is 16.5. The second-order valence-electron chi connectivity index (χ2n) is 6.55. The van der Waals surface area contributed by atoms with Crippen LogP contribution < -0.4 is 4.74 Å². The van der Waals surface area contributed by atoms with Crippen molar-refractivity contribution in [2.45, 2.75) is 39.2 Å². The molecule has 1 saturated heterocycles. The summed E-state index contributed by atoms with van der Waals surface area (Å²) in [5.74, 6) is 1.39. The molecule has 1 aliphatic heterocycles. The summed E-state index contributed by atoms with van der Waals surface area (Å²) < 4.78 is 5.92. The predicted molar refractivity (Wildman–Crippen MR) is 95.2 cm³/mol. The van der Waals surface area contributed by atoms with Crippen LogP contribution in [0.1, 0.15) is 38.7 Å². The summed E-state index contributed by atoms with van der Waals surface area (Å²) in [5.41, 5.74) is 1.23. The zero-order valence-corrected chi connectivity index (χ0v) is 14.9. The number of hydrogen-bond acceptors (Lipinski definition) is 4. The average Bonchev–Trinajstić information content (AvgIpc) is 2.60. The van der Waals surface area contributed by atoms with Crippen LogP contribution in [0.4, 0.5) is 0 Å². The highest BCUT2D eigenvalue weighted by Gasteiger charge is 2.19. The highest BCUT2D eigenvalue weighted by Crippen LogP contribution is 2.28. The normalized spacial score (nSPS) is 19.5. The van der Waals surface area contributed by atoms with Crippen molar-refractivity contribution in [3.05, 3.63) is 29.8 Å². The van der Waals surface area contributed by atoms with Gasteiger partial charge in [-0.25, -0.2) is 0 Å². The lowest BCUT2D eigenvalue weighted by atomic mass is 9.98. The van der Waals surface area contributed by atoms with Crippen LogP contribution in [0.3, 0.4) is 0 Å². The Bertz CT molecular complexity index is 458. The fraction of sp³-hybridized carbons (Fsp3) is 0.684. The smallest absolute Gasteiger partial charge is 0.122 e. The van der Waals surface area contributed by atoms with Gasteiger partial charge in [-0.15, -0.1) is 0 Å². The Morgan fingerprint density at radius 1 is 1.09 bits per heavy atom. The lowest BCUT2D eigenvalue weighted by molar-refractivity contribution is 0.0468. The molecule has 23 heavy (non-hydrogen) atoms. The molecule has 1 aliphatic rings. The second kappa shape index (κ2) is 9.26. The fourth-order valence-corrected chi connectivity index (χ4v) is 3.06. The third-order valence-corrected chi connectivity index (χ3v) is 4.87. The minimum atomic E-state index is -0.437. The number of hydrogen-bond donors (Lipinski definition) is 1. The van der Waals surface area contributed by atoms with E-state index in [1.807, 2.05) is 12.1 Å². The molecule has 2 rings (SSSR count). The first-order valence-corrected chi connectivity index (χ1v) is 8.98. The van der Waals surface area contributed by atoms with Crippen LogP contribution in [0.15, 0.2) is 24.3 Å². The van der Waals surface area contributed by atoms with Gasteiger partial charge >= 0.3 is 0 Å². The monoisotopic (exact) mass is 320 g/mol. The van der Waals surface area contributed by atoms with E-state index >= 15 is 0 Å². The van der Waals surface area contributed by atoms with Gasteiger partial charge in [-0.05, 0) is 30.5 Å². The number of β-amino-alcohol motifs (C(OH)–C–C–N with tert-alkyl or cyclic N) is 1. The van der Waals surface area contributed by atoms with Crippen molar-refractivity contribution in [3.63, 3.8) is 0 Å². The van der Waals surface area contributed by atoms with E-state index in [-0.39, 0.29) is 0 Å². The van der Waals surface area contributed by atoms with Crippen LogP contribution in [0.5, 0.6) is 5.75 Å². The maximum Gasteiger partial charge on any atom is 0.122 e. The quantitative estimate of drug-likeness (QED) is 0.799. The number of benzene rings is 1. The van der Waals surface area contributed by atoms with Gasteiger partial charge in [-0.3, -0.25) is 4.90 Å². The van der Waals surface area contributed by atoms with Crippen LogP contribution >= 0.6 is 0 Å². The van der Waals surface area contributed by atoms with E-state index in [0.717, 1.165) is 44.9 Å². The van der Waals surface area contributed by atoms with Crippen molar-refractivity contribution in [2.24, 2.45) is 0 Å². The summed E-state index contributed by atoms with van der Waals surface area (Å²) in [6.45, 7) is 13.0. The Labute approximate surface area is 141 Å². The molecule has 2 unspecified atom stereocenters. The van der Waals surface area contributed by atoms with Gasteiger partial charge < -0.3 is 14.7 Å². The van der Waals surface area contributed by atoms with E-state index in [4.69, 9.17) is 4.74 Å². The average molecular weight is 320 g/mol. The second-order valence-corrected chi connectivity index (χ2v) is 6.55. The van der Waals surface area contributed by atoms with E-state index in [0.29, 0.717) is 19.1 Å². The molecule has 0 spiro atoms. The first kappa shape index (κ1) is 18.2. The molecule has 0 saturated carbocycles. The number of nitrogens with zero attached hydrogens (tertiary/aromatic N) is 2. The fourth-order valence-electron chi connectivity index (χ4n) is 3.06. The molecule has 1 aromatic rings. The van der Waals surface area contributed by atoms with E-state index in [1.54, 1.807) is 0 Å². The topological polar surface area (TPSA) is 35.9 Å². The van der Waals surface area contributed by atoms with Crippen molar-refractivity contribution in [1.29, 1.82) is 0 Å². The summed E-state index contributed by atoms with van der Waals surface area (Å²) in [6.07, 6.45) is 0.651. The minimum absolute atomic E-state index is 0.363. The Morgan fingerprint density at radius 2 is 1.74 bits per heavy atom. The number of para-hydroxylation sites is 1. The van der Waals surface area contributed by atoms with Gasteiger partial charge in [0.1, 0.15) is 18.5 Å². The third-order valence-electron chi connectivity index (χ3n) is 4.87. The Balaban J connectivity index is 1.80. The maximum absolute atomic E-state index is 10.3. The molecule has 4 heteroatoms. The van der Waals surface area contributed by atoms with Gasteiger partial charge in [0.05, 0.1) is 0 Å². The first-order chi connectivity index (χ1) is 11.1. The highest BCUT2D eigenvalue weighted by molar-refractivity contribution is 5.35. The number of piperazine rings is 1. The molecule has 4 nitrogen and oxygen atoms in total. The largest absolute Gasteiger partial charge is 0.491 e. The molecule has 2 atom stereocenters. The van der Waals surface area contributed by atoms with Crippen LogP contribution in [0.2, 0.25) is 0 Å². The number of aliphatic hydroxyl groups excluding tert-OH is 1. The summed E-state index contributed by atoms with van der Waals surface area (Å²) in [5, 5.41) is 10.3. The maximum atomic E-state index is 10.3. The number of rotatable bonds is 8. The molecule has 0 aromatic heterocycles. The zero-order valence-electron chi connectivity index (χ0n) is 14.9. The van der Waals surface area contributed by atoms with E-state index in [2.05, 4.69) is 42.7 Å². The van der Waals surface area contributed by atoms with Crippen LogP contribution in [-0.4, -0.2) is 66.9 Å². The summed E-state index contributed by atoms with van der Waals surface area (Å²) >= 11 is 0. The molecular weight excluding hydrogens is 288 g/mol. The predicted octanol–water partition coefficient (Wildman–Crippen LogP) is 2.58. The van der Waals surface area contributed by atoms with Crippen molar-refractivity contribution in [3.8, 4) is 5.75 Å². The molecule has 1 fully saturated rings. The van der Waals surface area contributed by atoms with Gasteiger partial charge in [0, 0.05) is 32.7 Å². The zero-order chi connectivity index (χ0) is 16.7. The van der Waals surface area contributed by atoms with Gasteiger partial charge in [0.15, 0.2) is 0 Å². The molecular formula is C19H32N2O2. The number of ether oxygens (including phenoxy) is 1. The molecule has 1 aromatic carbocycles. The van der Waals surface area contributed by atoms with Crippen molar-refractivity contribution >= 4 is 0 Å². The van der Waals surface area contributed by atoms with Gasteiger partial charge in [-0.2, -0.15) is 0 Å². The molecule has 1 N–H and O–H groups in total. The first-order valence-electron chi connectivity index (χ1n) is 8.98. The molecule has 1 heterocycles. The SMILES string of the molecule is CCC(C)c1ccccc1OCC(O)CN1CCN(CC)CC1. The van der Waals surface area contributed by atoms with Gasteiger partial charge in [0.2, 0.25) is 0 Å². The Morgan fingerprint density at radius 3 is 2.39 bits per heavy atom. The number of likely N-dealkylation sites (N-methyl/N-ethyl adjacent to an activating group) is 1. The summed E-state index contributed by atoms with van der Waals surface area (Å²) in [4.78, 5) is 4.78. The third kappa shape index (κ3) is 5.48. The lowest BCUT2D eigenvalue weighted by Crippen LogP contribution is -2.49. The van der Waals surface area contributed by atoms with Crippen LogP contribution in [0.25, 0.3) is 0 Å². The molecule has 0 amide bonds. The van der Waals surface area contributed by atoms with Crippen molar-refractivity contribution in [2.75, 3.05) is 45.9 Å². The van der Waals surface area contributed by atoms with Gasteiger partial charge in [0.25, 0.3) is 0 Å². The molecule has 0 radical (unpaired) electrons. The van der Waals surface area contributed by atoms with Crippen LogP contribution in [-0.2, 0) is 0 Å².